The summed E-state index contributed by atoms with van der Waals surface area (Å²) in [5.41, 5.74) is -8.28. The summed E-state index contributed by atoms with van der Waals surface area (Å²) in [5, 5.41) is 7.34. The molecule has 0 aliphatic heterocycles. The molecule has 4 amide bonds. The third-order valence-corrected chi connectivity index (χ3v) is 7.69. The van der Waals surface area contributed by atoms with E-state index in [2.05, 4.69) is 10.6 Å². The van der Waals surface area contributed by atoms with Gasteiger partial charge >= 0.3 is 232 Å². The van der Waals surface area contributed by atoms with Gasteiger partial charge in [0.2, 0.25) is 0 Å². The van der Waals surface area contributed by atoms with Crippen molar-refractivity contribution >= 4 is 37.3 Å². The summed E-state index contributed by atoms with van der Waals surface area (Å²) in [6.07, 6.45) is -20.6. The minimum absolute atomic E-state index is 0.135. The van der Waals surface area contributed by atoms with Crippen LogP contribution in [0, 0.1) is 0 Å². The van der Waals surface area contributed by atoms with Gasteiger partial charge in [0.1, 0.15) is 0 Å². The third-order valence-electron chi connectivity index (χ3n) is 4.92. The van der Waals surface area contributed by atoms with E-state index in [0.29, 0.717) is 0 Å². The number of hydrogen-bond donors (Lipinski definition) is 4. The Morgan fingerprint density at radius 3 is 1.02 bits per heavy atom. The molecule has 4 N–H and O–H groups in total. The molecule has 7 nitrogen and oxygen atoms in total. The Morgan fingerprint density at radius 1 is 0.524 bits per heavy atom. The number of nitrogens with one attached hydrogen (secondary N) is 4. The zero-order valence-electron chi connectivity index (χ0n) is 20.5. The first-order valence-electron chi connectivity index (χ1n) is 11.1. The van der Waals surface area contributed by atoms with E-state index in [1.54, 1.807) is 10.6 Å². The van der Waals surface area contributed by atoms with Crippen molar-refractivity contribution in [1.82, 2.24) is 10.6 Å². The summed E-state index contributed by atoms with van der Waals surface area (Å²) in [6.45, 7) is -0.691. The van der Waals surface area contributed by atoms with Gasteiger partial charge in [-0.05, 0) is 0 Å². The Labute approximate surface area is 232 Å². The van der Waals surface area contributed by atoms with E-state index in [1.807, 2.05) is 0 Å². The monoisotopic (exact) mass is 694 g/mol. The first-order chi connectivity index (χ1) is 19.1. The number of carbonyl (C=O) groups excluding carboxylic acids is 2. The number of carbonyl (C=O) groups is 2. The van der Waals surface area contributed by atoms with E-state index in [4.69, 9.17) is 0 Å². The number of halogens is 12. The molecule has 0 unspecified atom stereocenters. The van der Waals surface area contributed by atoms with E-state index in [0.717, 1.165) is 0 Å². The van der Waals surface area contributed by atoms with Gasteiger partial charge in [-0.1, -0.05) is 0 Å². The predicted molar refractivity (Wildman–Crippen MR) is 123 cm³/mol. The second-order valence-corrected chi connectivity index (χ2v) is 11.8. The summed E-state index contributed by atoms with van der Waals surface area (Å²) in [4.78, 5) is 23.8. The molecule has 0 radical (unpaired) electrons. The Bertz CT molecular complexity index is 1150. The topological polar surface area (TPSA) is 99.3 Å². The molecule has 0 fully saturated rings. The number of anilines is 2. The van der Waals surface area contributed by atoms with Gasteiger partial charge in [0.05, 0.1) is 0 Å². The standard InChI is InChI=1S/C22H18F12N4O3Se/c23-19(24,25)11-5-12(20(26,27)28)8-15(7-11)37-17(39)35-1-3-42(41)4-2-36-18(40)38-16-9-13(21(29,30)31)6-14(10-16)22(32,33)34/h5-10H,1-4H2,(H2,35,37,39)(H2,36,38,40). The van der Waals surface area contributed by atoms with Gasteiger partial charge in [-0.2, -0.15) is 0 Å². The predicted octanol–water partition coefficient (Wildman–Crippen LogP) is 7.13. The summed E-state index contributed by atoms with van der Waals surface area (Å²) in [7, 11) is 0. The van der Waals surface area contributed by atoms with Crippen LogP contribution in [0.5, 0.6) is 0 Å². The molecule has 42 heavy (non-hydrogen) atoms. The molecule has 0 spiro atoms. The van der Waals surface area contributed by atoms with Crippen molar-refractivity contribution in [3.63, 3.8) is 0 Å². The van der Waals surface area contributed by atoms with Gasteiger partial charge in [0.25, 0.3) is 0 Å². The minimum atomic E-state index is -5.14. The fourth-order valence-electron chi connectivity index (χ4n) is 3.06. The van der Waals surface area contributed by atoms with Gasteiger partial charge in [-0.15, -0.1) is 0 Å². The number of hydrogen-bond acceptors (Lipinski definition) is 3. The van der Waals surface area contributed by atoms with Gasteiger partial charge < -0.3 is 0 Å². The summed E-state index contributed by atoms with van der Waals surface area (Å²) in [5.74, 6) is 0. The number of amides is 4. The molecule has 0 saturated carbocycles. The van der Waals surface area contributed by atoms with Crippen LogP contribution >= 0.6 is 0 Å². The molecule has 0 bridgehead atoms. The van der Waals surface area contributed by atoms with Crippen LogP contribution in [0.3, 0.4) is 0 Å². The van der Waals surface area contributed by atoms with Crippen LogP contribution < -0.4 is 21.3 Å². The maximum atomic E-state index is 12.9. The van der Waals surface area contributed by atoms with E-state index < -0.39 is 84.2 Å². The fourth-order valence-corrected chi connectivity index (χ4v) is 4.88. The Morgan fingerprint density at radius 2 is 0.786 bits per heavy atom. The van der Waals surface area contributed by atoms with Gasteiger partial charge in [0, 0.05) is 0 Å². The molecule has 0 aliphatic carbocycles. The Balaban J connectivity index is 1.85. The van der Waals surface area contributed by atoms with Gasteiger partial charge in [0.15, 0.2) is 0 Å². The molecule has 2 aromatic rings. The SMILES string of the molecule is O=C(NCC[Se](=O)CCNC(=O)Nc1cc(C(F)(F)F)cc(C(F)(F)F)c1)Nc1cc(C(F)(F)F)cc(C(F)(F)F)c1. The van der Waals surface area contributed by atoms with Gasteiger partial charge in [-0.25, -0.2) is 0 Å². The Hall–Kier alpha value is -3.54. The van der Waals surface area contributed by atoms with Crippen molar-refractivity contribution in [2.45, 2.75) is 35.3 Å². The van der Waals surface area contributed by atoms with Crippen LogP contribution in [0.1, 0.15) is 22.3 Å². The summed E-state index contributed by atoms with van der Waals surface area (Å²) >= 11 is -2.80. The molecule has 0 saturated heterocycles. The fraction of sp³-hybridized carbons (Fsp3) is 0.364. The van der Waals surface area contributed by atoms with Crippen molar-refractivity contribution in [2.24, 2.45) is 0 Å². The van der Waals surface area contributed by atoms with Crippen LogP contribution in [0.4, 0.5) is 73.6 Å². The molecule has 0 heterocycles. The first kappa shape index (κ1) is 34.7. The molecule has 0 aromatic heterocycles. The van der Waals surface area contributed by atoms with Crippen molar-refractivity contribution in [3.05, 3.63) is 58.7 Å². The van der Waals surface area contributed by atoms with E-state index in [-0.39, 0.29) is 60.1 Å². The van der Waals surface area contributed by atoms with E-state index >= 15 is 0 Å². The number of urea groups is 2. The number of benzene rings is 2. The molecule has 234 valence electrons. The zero-order valence-corrected chi connectivity index (χ0v) is 22.2. The summed E-state index contributed by atoms with van der Waals surface area (Å²) in [6, 6.07) is -1.58. The van der Waals surface area contributed by atoms with E-state index in [1.165, 1.54) is 0 Å². The van der Waals surface area contributed by atoms with Crippen molar-refractivity contribution in [2.75, 3.05) is 23.7 Å². The van der Waals surface area contributed by atoms with Crippen molar-refractivity contribution in [3.8, 4) is 0 Å². The molecular formula is C22H18F12N4O3Se. The molecule has 2 rings (SSSR count). The quantitative estimate of drug-likeness (QED) is 0.175. The second-order valence-electron chi connectivity index (χ2n) is 8.20. The van der Waals surface area contributed by atoms with Crippen LogP contribution in [0.25, 0.3) is 0 Å². The molecule has 2 aromatic carbocycles. The number of alkyl halides is 12. The average molecular weight is 693 g/mol. The first-order valence-corrected chi connectivity index (χ1v) is 14.2. The molecule has 0 aliphatic rings. The van der Waals surface area contributed by atoms with Gasteiger partial charge in [-0.3, -0.25) is 0 Å². The normalized spacial score (nSPS) is 12.7. The van der Waals surface area contributed by atoms with Crippen molar-refractivity contribution in [1.29, 1.82) is 0 Å². The molecule has 20 heteroatoms. The average Bonchev–Trinajstić information content (AvgIpc) is 2.81. The van der Waals surface area contributed by atoms with Crippen LogP contribution in [-0.4, -0.2) is 39.0 Å². The third kappa shape index (κ3) is 11.0. The van der Waals surface area contributed by atoms with Crippen LogP contribution in [0.15, 0.2) is 36.4 Å². The van der Waals surface area contributed by atoms with E-state index in [9.17, 15) is 66.1 Å². The summed E-state index contributed by atoms with van der Waals surface area (Å²) < 4.78 is 167. The maximum absolute atomic E-state index is 12.9. The van der Waals surface area contributed by atoms with Crippen LogP contribution in [-0.2, 0) is 28.5 Å². The second kappa shape index (κ2) is 13.2. The van der Waals surface area contributed by atoms with Crippen molar-refractivity contribution < 1.29 is 66.1 Å². The van der Waals surface area contributed by atoms with Crippen LogP contribution in [0.2, 0.25) is 10.6 Å². The zero-order chi connectivity index (χ0) is 32.1. The number of rotatable bonds is 8. The molecule has 0 atom stereocenters. The molecular weight excluding hydrogens is 675 g/mol. The Kier molecular flexibility index (Phi) is 10.9.